The Morgan fingerprint density at radius 3 is 2.71 bits per heavy atom. The van der Waals surface area contributed by atoms with Gasteiger partial charge in [-0.25, -0.2) is 0 Å². The third-order valence-electron chi connectivity index (χ3n) is 4.29. The summed E-state index contributed by atoms with van der Waals surface area (Å²) in [7, 11) is 0. The van der Waals surface area contributed by atoms with E-state index in [4.69, 9.17) is 0 Å². The molecule has 1 heterocycles. The van der Waals surface area contributed by atoms with E-state index in [2.05, 4.69) is 15.9 Å². The lowest BCUT2D eigenvalue weighted by atomic mass is 9.84. The summed E-state index contributed by atoms with van der Waals surface area (Å²) >= 11 is 3.36. The van der Waals surface area contributed by atoms with Crippen LogP contribution in [0.25, 0.3) is 0 Å². The fraction of sp³-hybridized carbons (Fsp3) is 0.500. The molecule has 1 N–H and O–H groups in total. The third kappa shape index (κ3) is 2.74. The highest BCUT2D eigenvalue weighted by Gasteiger charge is 2.43. The number of nitro groups is 1. The zero-order valence-electron chi connectivity index (χ0n) is 11.9. The molecule has 114 valence electrons. The van der Waals surface area contributed by atoms with Crippen LogP contribution in [0.3, 0.4) is 0 Å². The smallest absolute Gasteiger partial charge is 0.311 e. The van der Waals surface area contributed by atoms with Gasteiger partial charge in [-0.2, -0.15) is 0 Å². The molecule has 7 heteroatoms. The SMILES string of the molecule is CCC1(C(=O)O)CCN(c2cc(C)c([N+](=O)[O-])cc2Br)C1. The fourth-order valence-corrected chi connectivity index (χ4v) is 3.37. The fourth-order valence-electron chi connectivity index (χ4n) is 2.79. The molecule has 0 aliphatic carbocycles. The number of benzene rings is 1. The number of aliphatic carboxylic acids is 1. The molecule has 1 aliphatic rings. The summed E-state index contributed by atoms with van der Waals surface area (Å²) in [5.41, 5.74) is 0.719. The van der Waals surface area contributed by atoms with E-state index in [9.17, 15) is 20.0 Å². The summed E-state index contributed by atoms with van der Waals surface area (Å²) in [6, 6.07) is 3.23. The van der Waals surface area contributed by atoms with Gasteiger partial charge in [0, 0.05) is 29.2 Å². The number of rotatable bonds is 4. The number of halogens is 1. The molecule has 21 heavy (non-hydrogen) atoms. The second-order valence-corrected chi connectivity index (χ2v) is 6.31. The molecule has 0 aromatic heterocycles. The third-order valence-corrected chi connectivity index (χ3v) is 4.92. The molecule has 0 spiro atoms. The van der Waals surface area contributed by atoms with E-state index in [1.165, 1.54) is 6.07 Å². The Labute approximate surface area is 131 Å². The Bertz CT molecular complexity index is 605. The van der Waals surface area contributed by atoms with Crippen molar-refractivity contribution < 1.29 is 14.8 Å². The lowest BCUT2D eigenvalue weighted by Crippen LogP contribution is -2.34. The second kappa shape index (κ2) is 5.63. The van der Waals surface area contributed by atoms with Gasteiger partial charge >= 0.3 is 5.97 Å². The Hall–Kier alpha value is -1.63. The van der Waals surface area contributed by atoms with Crippen molar-refractivity contribution in [3.05, 3.63) is 32.3 Å². The molecule has 1 saturated heterocycles. The van der Waals surface area contributed by atoms with E-state index in [-0.39, 0.29) is 5.69 Å². The molecule has 0 bridgehead atoms. The lowest BCUT2D eigenvalue weighted by Gasteiger charge is -2.25. The first kappa shape index (κ1) is 15.8. The molecule has 0 saturated carbocycles. The number of nitrogens with zero attached hydrogens (tertiary/aromatic N) is 2. The minimum atomic E-state index is -0.776. The number of carboxylic acid groups (broad SMARTS) is 1. The maximum Gasteiger partial charge on any atom is 0.311 e. The maximum atomic E-state index is 11.5. The van der Waals surface area contributed by atoms with Crippen LogP contribution in [0.4, 0.5) is 11.4 Å². The Morgan fingerprint density at radius 1 is 1.57 bits per heavy atom. The van der Waals surface area contributed by atoms with Gasteiger partial charge in [0.1, 0.15) is 0 Å². The second-order valence-electron chi connectivity index (χ2n) is 5.46. The topological polar surface area (TPSA) is 83.7 Å². The molecule has 6 nitrogen and oxygen atoms in total. The van der Waals surface area contributed by atoms with Crippen molar-refractivity contribution in [2.45, 2.75) is 26.7 Å². The predicted octanol–water partition coefficient (Wildman–Crippen LogP) is 3.36. The molecule has 1 aromatic rings. The molecule has 2 rings (SSSR count). The van der Waals surface area contributed by atoms with Gasteiger partial charge in [0.25, 0.3) is 5.69 Å². The monoisotopic (exact) mass is 356 g/mol. The van der Waals surface area contributed by atoms with Gasteiger partial charge in [0.15, 0.2) is 0 Å². The standard InChI is InChI=1S/C14H17BrN2O4/c1-3-14(13(18)19)4-5-16(8-14)12-6-9(2)11(17(20)21)7-10(12)15/h6-7H,3-5,8H2,1-2H3,(H,18,19). The van der Waals surface area contributed by atoms with Crippen LogP contribution in [0, 0.1) is 22.5 Å². The molecular formula is C14H17BrN2O4. The van der Waals surface area contributed by atoms with Crippen molar-refractivity contribution in [2.24, 2.45) is 5.41 Å². The van der Waals surface area contributed by atoms with Gasteiger partial charge in [-0.1, -0.05) is 6.92 Å². The summed E-state index contributed by atoms with van der Waals surface area (Å²) in [6.07, 6.45) is 1.16. The molecule has 0 amide bonds. The maximum absolute atomic E-state index is 11.5. The van der Waals surface area contributed by atoms with Gasteiger partial charge < -0.3 is 10.0 Å². The van der Waals surface area contributed by atoms with Crippen molar-refractivity contribution >= 4 is 33.3 Å². The lowest BCUT2D eigenvalue weighted by molar-refractivity contribution is -0.385. The highest BCUT2D eigenvalue weighted by Crippen LogP contribution is 2.40. The molecular weight excluding hydrogens is 340 g/mol. The summed E-state index contributed by atoms with van der Waals surface area (Å²) in [6.45, 7) is 4.63. The van der Waals surface area contributed by atoms with Gasteiger partial charge in [0.2, 0.25) is 0 Å². The highest BCUT2D eigenvalue weighted by atomic mass is 79.9. The molecule has 1 aliphatic heterocycles. The van der Waals surface area contributed by atoms with E-state index in [1.54, 1.807) is 13.0 Å². The van der Waals surface area contributed by atoms with Crippen molar-refractivity contribution in [3.63, 3.8) is 0 Å². The predicted molar refractivity (Wildman–Crippen MR) is 82.7 cm³/mol. The van der Waals surface area contributed by atoms with Crippen LogP contribution in [-0.4, -0.2) is 29.1 Å². The first-order chi connectivity index (χ1) is 9.80. The molecule has 0 radical (unpaired) electrons. The number of carboxylic acids is 1. The van der Waals surface area contributed by atoms with Crippen molar-refractivity contribution in [1.29, 1.82) is 0 Å². The quantitative estimate of drug-likeness (QED) is 0.660. The zero-order valence-corrected chi connectivity index (χ0v) is 13.5. The molecule has 1 fully saturated rings. The molecule has 1 aromatic carbocycles. The van der Waals surface area contributed by atoms with Gasteiger partial charge in [0.05, 0.1) is 16.0 Å². The minimum Gasteiger partial charge on any atom is -0.481 e. The summed E-state index contributed by atoms with van der Waals surface area (Å²) < 4.78 is 0.622. The van der Waals surface area contributed by atoms with E-state index < -0.39 is 16.3 Å². The minimum absolute atomic E-state index is 0.0600. The van der Waals surface area contributed by atoms with Crippen molar-refractivity contribution in [3.8, 4) is 0 Å². The Kier molecular flexibility index (Phi) is 4.22. The van der Waals surface area contributed by atoms with E-state index in [1.807, 2.05) is 11.8 Å². The highest BCUT2D eigenvalue weighted by molar-refractivity contribution is 9.10. The number of carbonyl (C=O) groups is 1. The van der Waals surface area contributed by atoms with Gasteiger partial charge in [-0.05, 0) is 41.8 Å². The van der Waals surface area contributed by atoms with Gasteiger partial charge in [-0.3, -0.25) is 14.9 Å². The zero-order chi connectivity index (χ0) is 15.8. The molecule has 1 atom stereocenters. The van der Waals surface area contributed by atoms with Crippen LogP contribution >= 0.6 is 15.9 Å². The van der Waals surface area contributed by atoms with E-state index >= 15 is 0 Å². The number of nitro benzene ring substituents is 1. The Balaban J connectivity index is 2.35. The summed E-state index contributed by atoms with van der Waals surface area (Å²) in [4.78, 5) is 24.0. The normalized spacial score (nSPS) is 21.6. The van der Waals surface area contributed by atoms with Crippen LogP contribution in [-0.2, 0) is 4.79 Å². The first-order valence-corrected chi connectivity index (χ1v) is 7.53. The van der Waals surface area contributed by atoms with E-state index in [0.29, 0.717) is 36.0 Å². The largest absolute Gasteiger partial charge is 0.481 e. The van der Waals surface area contributed by atoms with Crippen molar-refractivity contribution in [2.75, 3.05) is 18.0 Å². The average Bonchev–Trinajstić information content (AvgIpc) is 2.86. The number of hydrogen-bond acceptors (Lipinski definition) is 4. The number of anilines is 1. The average molecular weight is 357 g/mol. The first-order valence-electron chi connectivity index (χ1n) is 6.73. The number of aryl methyl sites for hydroxylation is 1. The molecule has 1 unspecified atom stereocenters. The number of hydrogen-bond donors (Lipinski definition) is 1. The van der Waals surface area contributed by atoms with Crippen LogP contribution < -0.4 is 4.90 Å². The van der Waals surface area contributed by atoms with E-state index in [0.717, 1.165) is 5.69 Å². The van der Waals surface area contributed by atoms with Crippen molar-refractivity contribution in [1.82, 2.24) is 0 Å². The Morgan fingerprint density at radius 2 is 2.24 bits per heavy atom. The van der Waals surface area contributed by atoms with Crippen LogP contribution in [0.15, 0.2) is 16.6 Å². The van der Waals surface area contributed by atoms with Crippen LogP contribution in [0.1, 0.15) is 25.3 Å². The van der Waals surface area contributed by atoms with Gasteiger partial charge in [-0.15, -0.1) is 0 Å². The summed E-state index contributed by atoms with van der Waals surface area (Å²) in [5.74, 6) is -0.776. The summed E-state index contributed by atoms with van der Waals surface area (Å²) in [5, 5.41) is 20.4. The van der Waals surface area contributed by atoms with Crippen LogP contribution in [0.5, 0.6) is 0 Å². The van der Waals surface area contributed by atoms with Crippen LogP contribution in [0.2, 0.25) is 0 Å².